The van der Waals surface area contributed by atoms with E-state index >= 15 is 0 Å². The van der Waals surface area contributed by atoms with Gasteiger partial charge >= 0.3 is 0 Å². The number of aromatic nitrogens is 2. The molecule has 0 saturated heterocycles. The van der Waals surface area contributed by atoms with Gasteiger partial charge in [0.05, 0.1) is 10.5 Å². The van der Waals surface area contributed by atoms with Crippen molar-refractivity contribution in [2.24, 2.45) is 0 Å². The molecule has 3 aromatic rings. The van der Waals surface area contributed by atoms with Gasteiger partial charge in [-0.3, -0.25) is 19.7 Å². The number of nitro benzene ring substituents is 1. The van der Waals surface area contributed by atoms with Crippen LogP contribution in [0, 0.1) is 10.1 Å². The van der Waals surface area contributed by atoms with Crippen molar-refractivity contribution in [3.8, 4) is 0 Å². The lowest BCUT2D eigenvalue weighted by molar-refractivity contribution is -0.384. The van der Waals surface area contributed by atoms with Gasteiger partial charge in [-0.05, 0) is 49.8 Å². The summed E-state index contributed by atoms with van der Waals surface area (Å²) in [5, 5.41) is 26.4. The molecule has 0 spiro atoms. The molecule has 1 aromatic heterocycles. The zero-order valence-corrected chi connectivity index (χ0v) is 23.6. The molecule has 1 fully saturated rings. The first-order valence-electron chi connectivity index (χ1n) is 13.0. The molecule has 12 heteroatoms. The summed E-state index contributed by atoms with van der Waals surface area (Å²) in [5.74, 6) is -0.148. The number of non-ortho nitro benzene ring substituents is 1. The highest BCUT2D eigenvalue weighted by atomic mass is 35.5. The molecular formula is C28H29ClN6O4S. The maximum atomic E-state index is 13.7. The van der Waals surface area contributed by atoms with Crippen molar-refractivity contribution >= 4 is 52.4 Å². The second kappa shape index (κ2) is 11.7. The van der Waals surface area contributed by atoms with E-state index in [1.807, 2.05) is 18.4 Å². The van der Waals surface area contributed by atoms with Crippen LogP contribution in [-0.2, 0) is 4.79 Å². The van der Waals surface area contributed by atoms with Gasteiger partial charge in [0.15, 0.2) is 0 Å². The predicted molar refractivity (Wildman–Crippen MR) is 156 cm³/mol. The first-order valence-corrected chi connectivity index (χ1v) is 14.6. The number of thioether (sulfide) groups is 1. The topological polar surface area (TPSA) is 131 Å². The Hall–Kier alpha value is -3.83. The highest BCUT2D eigenvalue weighted by molar-refractivity contribution is 7.98. The predicted octanol–water partition coefficient (Wildman–Crippen LogP) is 6.16. The summed E-state index contributed by atoms with van der Waals surface area (Å²) in [6.45, 7) is 1.77. The number of halogens is 1. The quantitative estimate of drug-likeness (QED) is 0.173. The standard InChI is InChI=1S/C28H29ClN6O4S/c1-16-22(26(36)32-20-9-6-10-21(15-20)35(38)39)24(17-11-13-18(29)14-12-17)34-25(30-16)23(28(33-34)40-2)27(37)31-19-7-4-3-5-8-19/h6,9-15,19,24,30H,3-5,7-8H2,1-2H3,(H,31,37)(H,32,36). The van der Waals surface area contributed by atoms with Crippen molar-refractivity contribution < 1.29 is 14.5 Å². The Labute approximate surface area is 240 Å². The number of nitro groups is 1. The number of anilines is 2. The average Bonchev–Trinajstić information content (AvgIpc) is 3.31. The van der Waals surface area contributed by atoms with Gasteiger partial charge in [-0.15, -0.1) is 11.8 Å². The zero-order chi connectivity index (χ0) is 28.4. The number of carbonyl (C=O) groups excluding carboxylic acids is 2. The van der Waals surface area contributed by atoms with Crippen LogP contribution in [0.25, 0.3) is 0 Å². The molecule has 1 saturated carbocycles. The van der Waals surface area contributed by atoms with E-state index < -0.39 is 16.9 Å². The molecule has 1 aliphatic heterocycles. The molecule has 2 amide bonds. The number of benzene rings is 2. The second-order valence-electron chi connectivity index (χ2n) is 9.87. The minimum atomic E-state index is -0.686. The van der Waals surface area contributed by atoms with Crippen LogP contribution in [0.3, 0.4) is 0 Å². The fourth-order valence-electron chi connectivity index (χ4n) is 5.29. The molecule has 2 heterocycles. The summed E-state index contributed by atoms with van der Waals surface area (Å²) in [6.07, 6.45) is 7.12. The number of allylic oxidation sites excluding steroid dienone is 1. The van der Waals surface area contributed by atoms with Crippen molar-refractivity contribution in [1.29, 1.82) is 0 Å². The van der Waals surface area contributed by atoms with Gasteiger partial charge in [0.25, 0.3) is 17.5 Å². The van der Waals surface area contributed by atoms with E-state index in [1.54, 1.807) is 29.8 Å². The third kappa shape index (κ3) is 5.57. The summed E-state index contributed by atoms with van der Waals surface area (Å²) in [4.78, 5) is 38.1. The molecular weight excluding hydrogens is 552 g/mol. The first kappa shape index (κ1) is 27.7. The third-order valence-electron chi connectivity index (χ3n) is 7.21. The molecule has 2 aromatic carbocycles. The summed E-state index contributed by atoms with van der Waals surface area (Å²) in [6, 6.07) is 12.3. The van der Waals surface area contributed by atoms with E-state index in [0.29, 0.717) is 32.7 Å². The smallest absolute Gasteiger partial charge is 0.271 e. The Balaban J connectivity index is 1.56. The summed E-state index contributed by atoms with van der Waals surface area (Å²) >= 11 is 7.53. The van der Waals surface area contributed by atoms with E-state index in [4.69, 9.17) is 16.7 Å². The fraction of sp³-hybridized carbons (Fsp3) is 0.321. The van der Waals surface area contributed by atoms with Crippen LogP contribution >= 0.6 is 23.4 Å². The molecule has 0 bridgehead atoms. The van der Waals surface area contributed by atoms with E-state index in [-0.39, 0.29) is 23.3 Å². The van der Waals surface area contributed by atoms with Gasteiger partial charge in [0.1, 0.15) is 22.4 Å². The molecule has 3 N–H and O–H groups in total. The number of hydrogen-bond acceptors (Lipinski definition) is 7. The lowest BCUT2D eigenvalue weighted by atomic mass is 9.94. The lowest BCUT2D eigenvalue weighted by Crippen LogP contribution is -2.37. The van der Waals surface area contributed by atoms with Crippen LogP contribution in [0.2, 0.25) is 5.02 Å². The number of rotatable bonds is 7. The SMILES string of the molecule is CSc1nn2c(c1C(=O)NC1CCCCC1)NC(C)=C(C(=O)Nc1cccc([N+](=O)[O-])c1)C2c1ccc(Cl)cc1. The van der Waals surface area contributed by atoms with Gasteiger partial charge in [0, 0.05) is 34.6 Å². The number of fused-ring (bicyclic) bond motifs is 1. The number of nitrogens with one attached hydrogen (secondary N) is 3. The van der Waals surface area contributed by atoms with E-state index in [2.05, 4.69) is 16.0 Å². The number of hydrogen-bond donors (Lipinski definition) is 3. The van der Waals surface area contributed by atoms with Gasteiger partial charge < -0.3 is 16.0 Å². The Morgan fingerprint density at radius 1 is 1.12 bits per heavy atom. The minimum absolute atomic E-state index is 0.120. The van der Waals surface area contributed by atoms with Crippen LogP contribution in [-0.4, -0.2) is 38.8 Å². The Morgan fingerprint density at radius 3 is 2.52 bits per heavy atom. The van der Waals surface area contributed by atoms with Crippen LogP contribution in [0.1, 0.15) is 61.0 Å². The van der Waals surface area contributed by atoms with E-state index in [9.17, 15) is 19.7 Å². The molecule has 0 radical (unpaired) electrons. The summed E-state index contributed by atoms with van der Waals surface area (Å²) in [7, 11) is 0. The second-order valence-corrected chi connectivity index (χ2v) is 11.1. The molecule has 1 atom stereocenters. The van der Waals surface area contributed by atoms with Gasteiger partial charge in [0.2, 0.25) is 0 Å². The van der Waals surface area contributed by atoms with E-state index in [0.717, 1.165) is 31.2 Å². The Bertz CT molecular complexity index is 1500. The molecule has 1 unspecified atom stereocenters. The molecule has 1 aliphatic carbocycles. The van der Waals surface area contributed by atoms with Crippen molar-refractivity contribution in [3.05, 3.63) is 86.1 Å². The lowest BCUT2D eigenvalue weighted by Gasteiger charge is -2.30. The minimum Gasteiger partial charge on any atom is -0.349 e. The molecule has 2 aliphatic rings. The maximum absolute atomic E-state index is 13.7. The van der Waals surface area contributed by atoms with Gasteiger partial charge in [-0.25, -0.2) is 4.68 Å². The van der Waals surface area contributed by atoms with Crippen LogP contribution in [0.4, 0.5) is 17.2 Å². The molecule has 208 valence electrons. The molecule has 5 rings (SSSR count). The maximum Gasteiger partial charge on any atom is 0.271 e. The first-order chi connectivity index (χ1) is 19.3. The van der Waals surface area contributed by atoms with Crippen LogP contribution in [0.5, 0.6) is 0 Å². The number of nitrogens with zero attached hydrogens (tertiary/aromatic N) is 3. The normalized spacial score (nSPS) is 17.1. The molecule has 40 heavy (non-hydrogen) atoms. The van der Waals surface area contributed by atoms with Gasteiger partial charge in [-0.2, -0.15) is 5.10 Å². The Kier molecular flexibility index (Phi) is 8.13. The number of amides is 2. The largest absolute Gasteiger partial charge is 0.349 e. The highest BCUT2D eigenvalue weighted by Crippen LogP contribution is 2.41. The fourth-order valence-corrected chi connectivity index (χ4v) is 5.98. The highest BCUT2D eigenvalue weighted by Gasteiger charge is 2.37. The van der Waals surface area contributed by atoms with Crippen molar-refractivity contribution in [3.63, 3.8) is 0 Å². The van der Waals surface area contributed by atoms with Crippen LogP contribution in [0.15, 0.2) is 64.8 Å². The van der Waals surface area contributed by atoms with Crippen molar-refractivity contribution in [1.82, 2.24) is 15.1 Å². The monoisotopic (exact) mass is 580 g/mol. The van der Waals surface area contributed by atoms with Gasteiger partial charge in [-0.1, -0.05) is 49.1 Å². The Morgan fingerprint density at radius 2 is 1.85 bits per heavy atom. The third-order valence-corrected chi connectivity index (χ3v) is 8.14. The summed E-state index contributed by atoms with van der Waals surface area (Å²) in [5.41, 5.74) is 2.23. The average molecular weight is 581 g/mol. The molecule has 10 nitrogen and oxygen atoms in total. The van der Waals surface area contributed by atoms with Crippen molar-refractivity contribution in [2.45, 2.75) is 56.1 Å². The van der Waals surface area contributed by atoms with Crippen LogP contribution < -0.4 is 16.0 Å². The summed E-state index contributed by atoms with van der Waals surface area (Å²) < 4.78 is 1.67. The zero-order valence-electron chi connectivity index (χ0n) is 22.1. The van der Waals surface area contributed by atoms with Crippen molar-refractivity contribution in [2.75, 3.05) is 16.9 Å². The number of carbonyl (C=O) groups is 2. The van der Waals surface area contributed by atoms with E-state index in [1.165, 1.54) is 36.4 Å².